The van der Waals surface area contributed by atoms with Gasteiger partial charge in [0.15, 0.2) is 0 Å². The van der Waals surface area contributed by atoms with Crippen molar-refractivity contribution in [3.05, 3.63) is 62.0 Å². The molecule has 1 aliphatic rings. The Balaban J connectivity index is 1.67. The highest BCUT2D eigenvalue weighted by atomic mass is 79.9. The molecule has 0 radical (unpaired) electrons. The molecule has 3 rings (SSSR count). The zero-order valence-corrected chi connectivity index (χ0v) is 15.5. The van der Waals surface area contributed by atoms with Crippen LogP contribution in [-0.4, -0.2) is 6.04 Å². The summed E-state index contributed by atoms with van der Waals surface area (Å²) in [4.78, 5) is 0. The molecule has 3 heteroatoms. The molecule has 1 saturated carbocycles. The lowest BCUT2D eigenvalue weighted by atomic mass is 9.74. The molecular formula is C18H19Br2N. The van der Waals surface area contributed by atoms with Crippen LogP contribution in [0.15, 0.2) is 45.3 Å². The molecule has 2 aromatic rings. The van der Waals surface area contributed by atoms with Crippen LogP contribution in [0.2, 0.25) is 0 Å². The van der Waals surface area contributed by atoms with Gasteiger partial charge in [-0.25, -0.2) is 0 Å². The highest BCUT2D eigenvalue weighted by Crippen LogP contribution is 2.42. The number of anilines is 1. The second-order valence-electron chi connectivity index (χ2n) is 5.97. The van der Waals surface area contributed by atoms with E-state index < -0.39 is 0 Å². The van der Waals surface area contributed by atoms with Crippen LogP contribution in [0.25, 0.3) is 0 Å². The van der Waals surface area contributed by atoms with Crippen molar-refractivity contribution in [1.29, 1.82) is 0 Å². The Morgan fingerprint density at radius 3 is 2.24 bits per heavy atom. The largest absolute Gasteiger partial charge is 0.380 e. The van der Waals surface area contributed by atoms with Crippen LogP contribution >= 0.6 is 31.9 Å². The minimum absolute atomic E-state index is 0.560. The Hall–Kier alpha value is -0.800. The van der Waals surface area contributed by atoms with E-state index in [0.717, 1.165) is 8.95 Å². The van der Waals surface area contributed by atoms with Gasteiger partial charge in [-0.1, -0.05) is 24.3 Å². The van der Waals surface area contributed by atoms with Gasteiger partial charge in [0.25, 0.3) is 0 Å². The third-order valence-electron chi connectivity index (χ3n) is 4.30. The third kappa shape index (κ3) is 3.19. The molecule has 1 nitrogen and oxygen atoms in total. The molecule has 0 aliphatic heterocycles. The van der Waals surface area contributed by atoms with Gasteiger partial charge in [0, 0.05) is 15.0 Å². The Kier molecular flexibility index (Phi) is 4.41. The van der Waals surface area contributed by atoms with Crippen LogP contribution in [0.5, 0.6) is 0 Å². The number of aryl methyl sites for hydroxylation is 2. The highest BCUT2D eigenvalue weighted by Gasteiger charge is 2.31. The molecule has 1 N–H and O–H groups in total. The molecule has 0 amide bonds. The van der Waals surface area contributed by atoms with Crippen molar-refractivity contribution in [3.63, 3.8) is 0 Å². The molecule has 110 valence electrons. The highest BCUT2D eigenvalue weighted by molar-refractivity contribution is 9.11. The van der Waals surface area contributed by atoms with Crippen LogP contribution in [0.3, 0.4) is 0 Å². The fourth-order valence-electron chi connectivity index (χ4n) is 3.08. The third-order valence-corrected chi connectivity index (χ3v) is 5.55. The van der Waals surface area contributed by atoms with Gasteiger partial charge in [-0.3, -0.25) is 0 Å². The molecule has 0 saturated heterocycles. The van der Waals surface area contributed by atoms with E-state index >= 15 is 0 Å². The first kappa shape index (κ1) is 15.1. The van der Waals surface area contributed by atoms with Crippen LogP contribution in [0.4, 0.5) is 5.69 Å². The zero-order chi connectivity index (χ0) is 15.0. The van der Waals surface area contributed by atoms with Crippen LogP contribution in [0.1, 0.15) is 35.4 Å². The number of hydrogen-bond acceptors (Lipinski definition) is 1. The first-order chi connectivity index (χ1) is 10.0. The van der Waals surface area contributed by atoms with Gasteiger partial charge in [0.1, 0.15) is 0 Å². The molecule has 1 aliphatic carbocycles. The average molecular weight is 409 g/mol. The van der Waals surface area contributed by atoms with E-state index in [1.165, 1.54) is 35.2 Å². The molecule has 0 spiro atoms. The Labute approximate surface area is 143 Å². The fourth-order valence-corrected chi connectivity index (χ4v) is 4.72. The van der Waals surface area contributed by atoms with E-state index in [2.05, 4.69) is 87.4 Å². The van der Waals surface area contributed by atoms with Crippen molar-refractivity contribution in [2.24, 2.45) is 0 Å². The summed E-state index contributed by atoms with van der Waals surface area (Å²) in [6.45, 7) is 4.32. The van der Waals surface area contributed by atoms with Gasteiger partial charge in [-0.05, 0) is 93.3 Å². The lowest BCUT2D eigenvalue weighted by Gasteiger charge is -2.38. The molecule has 0 unspecified atom stereocenters. The quantitative estimate of drug-likeness (QED) is 0.638. The molecule has 0 aromatic heterocycles. The fraction of sp³-hybridized carbons (Fsp3) is 0.333. The SMILES string of the molecule is Cc1cc(Br)c(NC2CC(c3ccccc3C)C2)c(Br)c1. The molecule has 1 fully saturated rings. The molecular weight excluding hydrogens is 390 g/mol. The lowest BCUT2D eigenvalue weighted by Crippen LogP contribution is -2.34. The van der Waals surface area contributed by atoms with Gasteiger partial charge in [0.2, 0.25) is 0 Å². The lowest BCUT2D eigenvalue weighted by molar-refractivity contribution is 0.373. The van der Waals surface area contributed by atoms with Crippen molar-refractivity contribution < 1.29 is 0 Å². The summed E-state index contributed by atoms with van der Waals surface area (Å²) in [6.07, 6.45) is 2.41. The van der Waals surface area contributed by atoms with Gasteiger partial charge in [0.05, 0.1) is 5.69 Å². The summed E-state index contributed by atoms with van der Waals surface area (Å²) in [5.41, 5.74) is 5.36. The summed E-state index contributed by atoms with van der Waals surface area (Å²) in [5, 5.41) is 3.67. The maximum atomic E-state index is 3.67. The first-order valence-corrected chi connectivity index (χ1v) is 8.91. The summed E-state index contributed by atoms with van der Waals surface area (Å²) in [7, 11) is 0. The second kappa shape index (κ2) is 6.13. The van der Waals surface area contributed by atoms with E-state index in [1.54, 1.807) is 0 Å². The van der Waals surface area contributed by atoms with E-state index in [0.29, 0.717) is 12.0 Å². The van der Waals surface area contributed by atoms with Crippen LogP contribution in [-0.2, 0) is 0 Å². The minimum atomic E-state index is 0.560. The van der Waals surface area contributed by atoms with Gasteiger partial charge in [-0.15, -0.1) is 0 Å². The predicted molar refractivity (Wildman–Crippen MR) is 97.1 cm³/mol. The zero-order valence-electron chi connectivity index (χ0n) is 12.3. The molecule has 21 heavy (non-hydrogen) atoms. The number of halogens is 2. The first-order valence-electron chi connectivity index (χ1n) is 7.32. The van der Waals surface area contributed by atoms with E-state index in [1.807, 2.05) is 0 Å². The maximum absolute atomic E-state index is 3.67. The Morgan fingerprint density at radius 2 is 1.62 bits per heavy atom. The standard InChI is InChI=1S/C18H19Br2N/c1-11-7-16(19)18(17(20)8-11)21-14-9-13(10-14)15-6-4-3-5-12(15)2/h3-8,13-14,21H,9-10H2,1-2H3. The molecule has 0 heterocycles. The number of benzene rings is 2. The van der Waals surface area contributed by atoms with Crippen molar-refractivity contribution in [1.82, 2.24) is 0 Å². The summed E-state index contributed by atoms with van der Waals surface area (Å²) in [5.74, 6) is 0.701. The molecule has 0 bridgehead atoms. The Bertz CT molecular complexity index is 637. The number of hydrogen-bond donors (Lipinski definition) is 1. The maximum Gasteiger partial charge on any atom is 0.0631 e. The molecule has 0 atom stereocenters. The van der Waals surface area contributed by atoms with Crippen LogP contribution < -0.4 is 5.32 Å². The predicted octanol–water partition coefficient (Wildman–Crippen LogP) is 6.19. The van der Waals surface area contributed by atoms with Gasteiger partial charge in [-0.2, -0.15) is 0 Å². The number of nitrogens with one attached hydrogen (secondary N) is 1. The average Bonchev–Trinajstić information content (AvgIpc) is 2.37. The monoisotopic (exact) mass is 407 g/mol. The van der Waals surface area contributed by atoms with Crippen molar-refractivity contribution in [2.45, 2.75) is 38.6 Å². The minimum Gasteiger partial charge on any atom is -0.380 e. The normalized spacial score (nSPS) is 21.0. The Morgan fingerprint density at radius 1 is 1.00 bits per heavy atom. The van der Waals surface area contributed by atoms with E-state index in [-0.39, 0.29) is 0 Å². The summed E-state index contributed by atoms with van der Waals surface area (Å²) >= 11 is 7.32. The van der Waals surface area contributed by atoms with Gasteiger partial charge >= 0.3 is 0 Å². The van der Waals surface area contributed by atoms with Crippen molar-refractivity contribution in [2.75, 3.05) is 5.32 Å². The van der Waals surface area contributed by atoms with Gasteiger partial charge < -0.3 is 5.32 Å². The topological polar surface area (TPSA) is 12.0 Å². The second-order valence-corrected chi connectivity index (χ2v) is 7.68. The van der Waals surface area contributed by atoms with E-state index in [9.17, 15) is 0 Å². The van der Waals surface area contributed by atoms with Crippen LogP contribution in [0, 0.1) is 13.8 Å². The van der Waals surface area contributed by atoms with Crippen molar-refractivity contribution >= 4 is 37.5 Å². The summed E-state index contributed by atoms with van der Waals surface area (Å²) < 4.78 is 2.27. The van der Waals surface area contributed by atoms with Crippen molar-refractivity contribution in [3.8, 4) is 0 Å². The number of rotatable bonds is 3. The summed E-state index contributed by atoms with van der Waals surface area (Å²) in [6, 6.07) is 13.6. The van der Waals surface area contributed by atoms with E-state index in [4.69, 9.17) is 0 Å². The molecule has 2 aromatic carbocycles. The smallest absolute Gasteiger partial charge is 0.0631 e.